The second-order valence-electron chi connectivity index (χ2n) is 5.07. The highest BCUT2D eigenvalue weighted by molar-refractivity contribution is 7.99. The van der Waals surface area contributed by atoms with E-state index in [0.29, 0.717) is 11.7 Å². The van der Waals surface area contributed by atoms with E-state index in [1.807, 2.05) is 24.3 Å². The Hall–Kier alpha value is -0.930. The van der Waals surface area contributed by atoms with E-state index in [0.717, 1.165) is 30.2 Å². The lowest BCUT2D eigenvalue weighted by atomic mass is 9.94. The fourth-order valence-electron chi connectivity index (χ4n) is 2.19. The number of benzene rings is 1. The Morgan fingerprint density at radius 1 is 1.30 bits per heavy atom. The Balaban J connectivity index is 1.60. The normalized spacial score (nSPS) is 17.9. The molecule has 0 aliphatic heterocycles. The van der Waals surface area contributed by atoms with Crippen LogP contribution in [-0.4, -0.2) is 18.2 Å². The molecule has 4 heteroatoms. The van der Waals surface area contributed by atoms with Crippen molar-refractivity contribution < 1.29 is 4.79 Å². The molecule has 0 saturated heterocycles. The van der Waals surface area contributed by atoms with E-state index < -0.39 is 0 Å². The van der Waals surface area contributed by atoms with E-state index >= 15 is 0 Å². The number of allylic oxidation sites excluding steroid dienone is 2. The second kappa shape index (κ2) is 8.38. The zero-order valence-corrected chi connectivity index (χ0v) is 13.1. The molecule has 0 fully saturated rings. The van der Waals surface area contributed by atoms with Crippen LogP contribution in [0.5, 0.6) is 0 Å². The lowest BCUT2D eigenvalue weighted by Crippen LogP contribution is -2.31. The van der Waals surface area contributed by atoms with Crippen molar-refractivity contribution in [3.05, 3.63) is 47.0 Å². The molecule has 0 spiro atoms. The number of hydrogen-bond acceptors (Lipinski definition) is 2. The van der Waals surface area contributed by atoms with Gasteiger partial charge in [-0.15, -0.1) is 11.8 Å². The Labute approximate surface area is 130 Å². The molecule has 0 aromatic heterocycles. The summed E-state index contributed by atoms with van der Waals surface area (Å²) in [5.74, 6) is 2.12. The van der Waals surface area contributed by atoms with Crippen LogP contribution in [0.3, 0.4) is 0 Å². The first-order chi connectivity index (χ1) is 9.74. The van der Waals surface area contributed by atoms with Gasteiger partial charge >= 0.3 is 0 Å². The van der Waals surface area contributed by atoms with Gasteiger partial charge in [0, 0.05) is 17.3 Å². The largest absolute Gasteiger partial charge is 0.355 e. The molecule has 1 N–H and O–H groups in total. The van der Waals surface area contributed by atoms with Gasteiger partial charge in [-0.25, -0.2) is 0 Å². The lowest BCUT2D eigenvalue weighted by Gasteiger charge is -2.17. The SMILES string of the molecule is O=C(CSCc1ccc(Cl)cc1)NCC1CC=CCC1. The van der Waals surface area contributed by atoms with Gasteiger partial charge in [0.25, 0.3) is 0 Å². The molecule has 0 bridgehead atoms. The monoisotopic (exact) mass is 309 g/mol. The van der Waals surface area contributed by atoms with Crippen LogP contribution in [0.2, 0.25) is 5.02 Å². The third-order valence-electron chi connectivity index (χ3n) is 3.38. The van der Waals surface area contributed by atoms with Crippen molar-refractivity contribution in [2.24, 2.45) is 5.92 Å². The summed E-state index contributed by atoms with van der Waals surface area (Å²) in [6, 6.07) is 7.77. The maximum Gasteiger partial charge on any atom is 0.230 e. The molecule has 20 heavy (non-hydrogen) atoms. The summed E-state index contributed by atoms with van der Waals surface area (Å²) in [7, 11) is 0. The number of amides is 1. The van der Waals surface area contributed by atoms with Crippen molar-refractivity contribution in [1.29, 1.82) is 0 Å². The number of halogens is 1. The summed E-state index contributed by atoms with van der Waals surface area (Å²) in [6.07, 6.45) is 7.87. The number of hydrogen-bond donors (Lipinski definition) is 1. The Morgan fingerprint density at radius 2 is 2.10 bits per heavy atom. The maximum atomic E-state index is 11.8. The van der Waals surface area contributed by atoms with Gasteiger partial charge < -0.3 is 5.32 Å². The summed E-state index contributed by atoms with van der Waals surface area (Å²) in [6.45, 7) is 0.810. The number of carbonyl (C=O) groups is 1. The summed E-state index contributed by atoms with van der Waals surface area (Å²) < 4.78 is 0. The summed E-state index contributed by atoms with van der Waals surface area (Å²) in [5, 5.41) is 3.78. The third kappa shape index (κ3) is 5.59. The zero-order chi connectivity index (χ0) is 14.2. The molecule has 1 amide bonds. The summed E-state index contributed by atoms with van der Waals surface area (Å²) >= 11 is 7.47. The van der Waals surface area contributed by atoms with Crippen molar-refractivity contribution in [2.45, 2.75) is 25.0 Å². The molecule has 1 aromatic rings. The fourth-order valence-corrected chi connectivity index (χ4v) is 3.14. The zero-order valence-electron chi connectivity index (χ0n) is 11.5. The van der Waals surface area contributed by atoms with E-state index in [4.69, 9.17) is 11.6 Å². The molecule has 0 radical (unpaired) electrons. The van der Waals surface area contributed by atoms with Gasteiger partial charge in [-0.05, 0) is 42.9 Å². The molecule has 1 unspecified atom stereocenters. The fraction of sp³-hybridized carbons (Fsp3) is 0.438. The van der Waals surface area contributed by atoms with Crippen LogP contribution in [0.25, 0.3) is 0 Å². The second-order valence-corrected chi connectivity index (χ2v) is 6.50. The Kier molecular flexibility index (Phi) is 6.48. The highest BCUT2D eigenvalue weighted by Crippen LogP contribution is 2.17. The average Bonchev–Trinajstić information content (AvgIpc) is 2.48. The Morgan fingerprint density at radius 3 is 2.80 bits per heavy atom. The van der Waals surface area contributed by atoms with Gasteiger partial charge in [-0.2, -0.15) is 0 Å². The number of nitrogens with one attached hydrogen (secondary N) is 1. The predicted octanol–water partition coefficient (Wildman–Crippen LogP) is 4.05. The number of rotatable bonds is 6. The van der Waals surface area contributed by atoms with Gasteiger partial charge in [0.2, 0.25) is 5.91 Å². The molecule has 108 valence electrons. The molecular weight excluding hydrogens is 290 g/mol. The minimum Gasteiger partial charge on any atom is -0.355 e. The molecule has 1 aliphatic rings. The van der Waals surface area contributed by atoms with Crippen molar-refractivity contribution in [1.82, 2.24) is 5.32 Å². The quantitative estimate of drug-likeness (QED) is 0.803. The molecular formula is C16H20ClNOS. The molecule has 1 aromatic carbocycles. The van der Waals surface area contributed by atoms with Gasteiger partial charge in [0.1, 0.15) is 0 Å². The van der Waals surface area contributed by atoms with Crippen LogP contribution in [-0.2, 0) is 10.5 Å². The standard InChI is InChI=1S/C16H20ClNOS/c17-15-8-6-14(7-9-15)11-20-12-16(19)18-10-13-4-2-1-3-5-13/h1-2,6-9,13H,3-5,10-12H2,(H,18,19). The van der Waals surface area contributed by atoms with Crippen molar-refractivity contribution in [2.75, 3.05) is 12.3 Å². The van der Waals surface area contributed by atoms with Gasteiger partial charge in [-0.3, -0.25) is 4.79 Å². The van der Waals surface area contributed by atoms with Crippen LogP contribution in [0.15, 0.2) is 36.4 Å². The van der Waals surface area contributed by atoms with Crippen molar-refractivity contribution in [3.63, 3.8) is 0 Å². The first-order valence-electron chi connectivity index (χ1n) is 6.98. The molecule has 2 nitrogen and oxygen atoms in total. The van der Waals surface area contributed by atoms with E-state index in [1.54, 1.807) is 11.8 Å². The first kappa shape index (κ1) is 15.5. The minimum atomic E-state index is 0.138. The molecule has 1 aliphatic carbocycles. The molecule has 0 saturated carbocycles. The third-order valence-corrected chi connectivity index (χ3v) is 4.64. The highest BCUT2D eigenvalue weighted by Gasteiger charge is 2.11. The minimum absolute atomic E-state index is 0.138. The van der Waals surface area contributed by atoms with Gasteiger partial charge in [-0.1, -0.05) is 35.9 Å². The Bertz CT molecular complexity index is 458. The smallest absolute Gasteiger partial charge is 0.230 e. The van der Waals surface area contributed by atoms with Crippen LogP contribution >= 0.6 is 23.4 Å². The maximum absolute atomic E-state index is 11.8. The van der Waals surface area contributed by atoms with E-state index in [-0.39, 0.29) is 5.91 Å². The van der Waals surface area contributed by atoms with E-state index in [2.05, 4.69) is 17.5 Å². The highest BCUT2D eigenvalue weighted by atomic mass is 35.5. The summed E-state index contributed by atoms with van der Waals surface area (Å²) in [5.41, 5.74) is 1.20. The van der Waals surface area contributed by atoms with Crippen LogP contribution in [0.1, 0.15) is 24.8 Å². The average molecular weight is 310 g/mol. The molecule has 0 heterocycles. The topological polar surface area (TPSA) is 29.1 Å². The van der Waals surface area contributed by atoms with E-state index in [1.165, 1.54) is 12.0 Å². The van der Waals surface area contributed by atoms with Crippen molar-refractivity contribution >= 4 is 29.3 Å². The van der Waals surface area contributed by atoms with Crippen molar-refractivity contribution in [3.8, 4) is 0 Å². The van der Waals surface area contributed by atoms with Gasteiger partial charge in [0.05, 0.1) is 5.75 Å². The predicted molar refractivity (Wildman–Crippen MR) is 87.1 cm³/mol. The number of carbonyl (C=O) groups excluding carboxylic acids is 1. The van der Waals surface area contributed by atoms with Gasteiger partial charge in [0.15, 0.2) is 0 Å². The van der Waals surface area contributed by atoms with Crippen LogP contribution < -0.4 is 5.32 Å². The van der Waals surface area contributed by atoms with E-state index in [9.17, 15) is 4.79 Å². The van der Waals surface area contributed by atoms with Crippen LogP contribution in [0.4, 0.5) is 0 Å². The molecule has 2 rings (SSSR count). The number of thioether (sulfide) groups is 1. The van der Waals surface area contributed by atoms with Crippen LogP contribution in [0, 0.1) is 5.92 Å². The first-order valence-corrected chi connectivity index (χ1v) is 8.51. The molecule has 1 atom stereocenters. The lowest BCUT2D eigenvalue weighted by molar-refractivity contribution is -0.118. The summed E-state index contributed by atoms with van der Waals surface area (Å²) in [4.78, 5) is 11.8.